The monoisotopic (exact) mass is 240 g/mol. The molecule has 0 spiro atoms. The Balaban J connectivity index is 2.18. The highest BCUT2D eigenvalue weighted by Gasteiger charge is 2.29. The fraction of sp³-hybridized carbons (Fsp3) is 0.455. The van der Waals surface area contributed by atoms with E-state index >= 15 is 0 Å². The molecule has 1 aromatic heterocycles. The average Bonchev–Trinajstić information content (AvgIpc) is 2.76. The van der Waals surface area contributed by atoms with Gasteiger partial charge < -0.3 is 10.0 Å². The summed E-state index contributed by atoms with van der Waals surface area (Å²) >= 11 is 5.81. The molecule has 0 aromatic carbocycles. The van der Waals surface area contributed by atoms with Crippen LogP contribution in [0.15, 0.2) is 18.3 Å². The van der Waals surface area contributed by atoms with Crippen LogP contribution >= 0.6 is 11.6 Å². The minimum atomic E-state index is -0.154. The quantitative estimate of drug-likeness (QED) is 0.849. The van der Waals surface area contributed by atoms with E-state index in [1.807, 2.05) is 0 Å². The van der Waals surface area contributed by atoms with Crippen LogP contribution in [0.4, 0.5) is 0 Å². The van der Waals surface area contributed by atoms with Gasteiger partial charge in [-0.1, -0.05) is 11.6 Å². The molecule has 0 radical (unpaired) electrons. The largest absolute Gasteiger partial charge is 0.394 e. The van der Waals surface area contributed by atoms with Crippen molar-refractivity contribution in [2.45, 2.75) is 18.9 Å². The van der Waals surface area contributed by atoms with Crippen molar-refractivity contribution in [3.63, 3.8) is 0 Å². The molecule has 86 valence electrons. The summed E-state index contributed by atoms with van der Waals surface area (Å²) in [5.74, 6) is -0.154. The number of nitrogens with zero attached hydrogens (tertiary/aromatic N) is 2. The molecule has 1 N–H and O–H groups in total. The third-order valence-corrected chi connectivity index (χ3v) is 3.02. The first kappa shape index (κ1) is 11.4. The first-order valence-electron chi connectivity index (χ1n) is 5.26. The third-order valence-electron chi connectivity index (χ3n) is 2.79. The van der Waals surface area contributed by atoms with Crippen LogP contribution in [0.2, 0.25) is 5.02 Å². The second kappa shape index (κ2) is 4.80. The molecule has 1 aliphatic rings. The smallest absolute Gasteiger partial charge is 0.272 e. The highest BCUT2D eigenvalue weighted by Crippen LogP contribution is 2.19. The van der Waals surface area contributed by atoms with Gasteiger partial charge in [-0.05, 0) is 25.0 Å². The summed E-state index contributed by atoms with van der Waals surface area (Å²) in [4.78, 5) is 17.7. The van der Waals surface area contributed by atoms with Crippen molar-refractivity contribution in [1.29, 1.82) is 0 Å². The van der Waals surface area contributed by atoms with Gasteiger partial charge in [0.1, 0.15) is 5.69 Å². The van der Waals surface area contributed by atoms with Crippen molar-refractivity contribution < 1.29 is 9.90 Å². The van der Waals surface area contributed by atoms with E-state index in [1.165, 1.54) is 6.20 Å². The van der Waals surface area contributed by atoms with Gasteiger partial charge >= 0.3 is 0 Å². The van der Waals surface area contributed by atoms with Gasteiger partial charge in [0.25, 0.3) is 5.91 Å². The lowest BCUT2D eigenvalue weighted by Gasteiger charge is -2.22. The molecule has 1 aromatic rings. The summed E-state index contributed by atoms with van der Waals surface area (Å²) in [7, 11) is 0. The molecule has 1 amide bonds. The zero-order valence-corrected chi connectivity index (χ0v) is 9.52. The third kappa shape index (κ3) is 2.18. The number of halogens is 1. The minimum Gasteiger partial charge on any atom is -0.394 e. The number of aliphatic hydroxyl groups excluding tert-OH is 1. The molecule has 1 aliphatic heterocycles. The maximum Gasteiger partial charge on any atom is 0.272 e. The van der Waals surface area contributed by atoms with Crippen molar-refractivity contribution in [3.05, 3.63) is 29.0 Å². The fourth-order valence-corrected chi connectivity index (χ4v) is 2.12. The van der Waals surface area contributed by atoms with E-state index in [2.05, 4.69) is 4.98 Å². The normalized spacial score (nSPS) is 20.1. The summed E-state index contributed by atoms with van der Waals surface area (Å²) in [5.41, 5.74) is 0.341. The fourth-order valence-electron chi connectivity index (χ4n) is 1.96. The lowest BCUT2D eigenvalue weighted by Crippen LogP contribution is -2.38. The Morgan fingerprint density at radius 3 is 3.19 bits per heavy atom. The van der Waals surface area contributed by atoms with Crippen LogP contribution in [-0.4, -0.2) is 40.1 Å². The molecule has 1 atom stereocenters. The molecule has 1 unspecified atom stereocenters. The van der Waals surface area contributed by atoms with Gasteiger partial charge in [-0.25, -0.2) is 0 Å². The number of pyridine rings is 1. The van der Waals surface area contributed by atoms with Crippen molar-refractivity contribution in [2.75, 3.05) is 13.2 Å². The first-order valence-corrected chi connectivity index (χ1v) is 5.63. The molecule has 16 heavy (non-hydrogen) atoms. The number of carbonyl (C=O) groups excluding carboxylic acids is 1. The van der Waals surface area contributed by atoms with Gasteiger partial charge in [-0.15, -0.1) is 0 Å². The molecule has 2 heterocycles. The lowest BCUT2D eigenvalue weighted by atomic mass is 10.2. The number of aliphatic hydroxyl groups is 1. The van der Waals surface area contributed by atoms with Gasteiger partial charge in [0.2, 0.25) is 0 Å². The Labute approximate surface area is 98.9 Å². The number of rotatable bonds is 2. The lowest BCUT2D eigenvalue weighted by molar-refractivity contribution is 0.0672. The van der Waals surface area contributed by atoms with E-state index < -0.39 is 0 Å². The molecule has 1 saturated heterocycles. The van der Waals surface area contributed by atoms with E-state index in [0.29, 0.717) is 17.3 Å². The molecule has 2 rings (SSSR count). The van der Waals surface area contributed by atoms with Crippen LogP contribution in [-0.2, 0) is 0 Å². The van der Waals surface area contributed by atoms with E-state index in [9.17, 15) is 4.79 Å². The summed E-state index contributed by atoms with van der Waals surface area (Å²) < 4.78 is 0. The molecule has 0 aliphatic carbocycles. The Morgan fingerprint density at radius 1 is 1.69 bits per heavy atom. The van der Waals surface area contributed by atoms with Gasteiger partial charge in [0.15, 0.2) is 0 Å². The van der Waals surface area contributed by atoms with Crippen LogP contribution in [0.3, 0.4) is 0 Å². The second-order valence-electron chi connectivity index (χ2n) is 3.84. The van der Waals surface area contributed by atoms with Crippen molar-refractivity contribution in [2.24, 2.45) is 0 Å². The predicted octanol–water partition coefficient (Wildman–Crippen LogP) is 1.33. The van der Waals surface area contributed by atoms with Crippen LogP contribution < -0.4 is 0 Å². The van der Waals surface area contributed by atoms with Crippen LogP contribution in [0.25, 0.3) is 0 Å². The van der Waals surface area contributed by atoms with Crippen LogP contribution in [0, 0.1) is 0 Å². The second-order valence-corrected chi connectivity index (χ2v) is 4.27. The Morgan fingerprint density at radius 2 is 2.50 bits per heavy atom. The Kier molecular flexibility index (Phi) is 3.41. The molecule has 0 bridgehead atoms. The molecule has 1 fully saturated rings. The van der Waals surface area contributed by atoms with Gasteiger partial charge in [0.05, 0.1) is 12.6 Å². The average molecular weight is 241 g/mol. The standard InChI is InChI=1S/C11H13ClN2O2/c12-8-3-4-13-10(6-8)11(16)14-5-1-2-9(14)7-15/h3-4,6,9,15H,1-2,5,7H2. The SMILES string of the molecule is O=C(c1cc(Cl)ccn1)N1CCCC1CO. The zero-order valence-electron chi connectivity index (χ0n) is 8.77. The number of hydrogen-bond donors (Lipinski definition) is 1. The zero-order chi connectivity index (χ0) is 11.5. The van der Waals surface area contributed by atoms with Gasteiger partial charge in [-0.3, -0.25) is 9.78 Å². The minimum absolute atomic E-state index is 0.00626. The van der Waals surface area contributed by atoms with Crippen molar-refractivity contribution >= 4 is 17.5 Å². The summed E-state index contributed by atoms with van der Waals surface area (Å²) in [5, 5.41) is 9.64. The molecular weight excluding hydrogens is 228 g/mol. The molecular formula is C11H13ClN2O2. The number of hydrogen-bond acceptors (Lipinski definition) is 3. The summed E-state index contributed by atoms with van der Waals surface area (Å²) in [6.45, 7) is 0.685. The number of amides is 1. The van der Waals surface area contributed by atoms with E-state index in [4.69, 9.17) is 16.7 Å². The van der Waals surface area contributed by atoms with E-state index in [0.717, 1.165) is 12.8 Å². The van der Waals surface area contributed by atoms with Crippen LogP contribution in [0.5, 0.6) is 0 Å². The Hall–Kier alpha value is -1.13. The van der Waals surface area contributed by atoms with Gasteiger partial charge in [0, 0.05) is 17.8 Å². The number of likely N-dealkylation sites (tertiary alicyclic amines) is 1. The van der Waals surface area contributed by atoms with Crippen LogP contribution in [0.1, 0.15) is 23.3 Å². The van der Waals surface area contributed by atoms with Crippen molar-refractivity contribution in [1.82, 2.24) is 9.88 Å². The van der Waals surface area contributed by atoms with Gasteiger partial charge in [-0.2, -0.15) is 0 Å². The number of aromatic nitrogens is 1. The number of carbonyl (C=O) groups is 1. The summed E-state index contributed by atoms with van der Waals surface area (Å²) in [6.07, 6.45) is 3.29. The first-order chi connectivity index (χ1) is 7.72. The highest BCUT2D eigenvalue weighted by atomic mass is 35.5. The Bertz CT molecular complexity index is 397. The molecule has 4 nitrogen and oxygen atoms in total. The maximum atomic E-state index is 12.1. The summed E-state index contributed by atoms with van der Waals surface area (Å²) in [6, 6.07) is 3.11. The molecule has 0 saturated carbocycles. The van der Waals surface area contributed by atoms with E-state index in [-0.39, 0.29) is 18.6 Å². The highest BCUT2D eigenvalue weighted by molar-refractivity contribution is 6.30. The maximum absolute atomic E-state index is 12.1. The predicted molar refractivity (Wildman–Crippen MR) is 60.4 cm³/mol. The topological polar surface area (TPSA) is 53.4 Å². The van der Waals surface area contributed by atoms with E-state index in [1.54, 1.807) is 17.0 Å². The molecule has 5 heteroatoms. The van der Waals surface area contributed by atoms with Crippen molar-refractivity contribution in [3.8, 4) is 0 Å².